The Kier molecular flexibility index (Phi) is 6.18. The number of carbonyl (C=O) groups excluding carboxylic acids is 1. The number of amides is 1. The molecule has 0 bridgehead atoms. The van der Waals surface area contributed by atoms with Crippen LogP contribution in [-0.4, -0.2) is 21.0 Å². The van der Waals surface area contributed by atoms with Gasteiger partial charge in [-0.25, -0.2) is 4.99 Å². The molecule has 0 radical (unpaired) electrons. The maximum Gasteiger partial charge on any atom is 0.231 e. The monoisotopic (exact) mass is 314 g/mol. The maximum atomic E-state index is 11.9. The van der Waals surface area contributed by atoms with Crippen LogP contribution in [0.2, 0.25) is 0 Å². The number of carbonyl (C=O) groups is 1. The van der Waals surface area contributed by atoms with E-state index in [9.17, 15) is 4.79 Å². The minimum atomic E-state index is -1.71. The van der Waals surface area contributed by atoms with Crippen molar-refractivity contribution in [1.82, 2.24) is 5.32 Å². The number of aliphatic imine (C=N–C) groups is 1. The topological polar surface area (TPSA) is 41.5 Å². The summed E-state index contributed by atoms with van der Waals surface area (Å²) in [6.07, 6.45) is 4.08. The highest BCUT2D eigenvalue weighted by atomic mass is 35.6. The summed E-state index contributed by atoms with van der Waals surface area (Å²) in [5.41, 5.74) is 0. The Morgan fingerprint density at radius 1 is 1.35 bits per heavy atom. The van der Waals surface area contributed by atoms with E-state index in [0.29, 0.717) is 0 Å². The molecule has 0 aromatic heterocycles. The number of thiocarbonyl (C=S) groups is 1. The molecule has 17 heavy (non-hydrogen) atoms. The molecule has 1 amide bonds. The molecule has 96 valence electrons. The van der Waals surface area contributed by atoms with Crippen LogP contribution in [-0.2, 0) is 4.79 Å². The van der Waals surface area contributed by atoms with Crippen LogP contribution in [0.5, 0.6) is 0 Å². The minimum Gasteiger partial charge on any atom is -0.330 e. The average Bonchev–Trinajstić information content (AvgIpc) is 2.28. The van der Waals surface area contributed by atoms with E-state index in [1.54, 1.807) is 0 Å². The first kappa shape index (κ1) is 15.2. The minimum absolute atomic E-state index is 0.0149. The molecule has 0 heterocycles. The Morgan fingerprint density at radius 3 is 2.41 bits per heavy atom. The first-order valence-electron chi connectivity index (χ1n) is 5.39. The van der Waals surface area contributed by atoms with Gasteiger partial charge in [-0.2, -0.15) is 0 Å². The van der Waals surface area contributed by atoms with Gasteiger partial charge in [0, 0.05) is 5.92 Å². The molecule has 0 aromatic carbocycles. The third-order valence-electron chi connectivity index (χ3n) is 2.75. The van der Waals surface area contributed by atoms with Crippen LogP contribution in [0.4, 0.5) is 0 Å². The summed E-state index contributed by atoms with van der Waals surface area (Å²) in [7, 11) is 0. The lowest BCUT2D eigenvalue weighted by molar-refractivity contribution is -0.126. The highest BCUT2D eigenvalue weighted by molar-refractivity contribution is 7.78. The van der Waals surface area contributed by atoms with Gasteiger partial charge >= 0.3 is 0 Å². The molecule has 3 nitrogen and oxygen atoms in total. The van der Waals surface area contributed by atoms with Crippen LogP contribution < -0.4 is 5.32 Å². The van der Waals surface area contributed by atoms with E-state index in [2.05, 4.69) is 27.7 Å². The highest BCUT2D eigenvalue weighted by Gasteiger charge is 2.35. The van der Waals surface area contributed by atoms with Gasteiger partial charge in [0.25, 0.3) is 0 Å². The fourth-order valence-corrected chi connectivity index (χ4v) is 2.27. The molecule has 1 aliphatic carbocycles. The molecule has 1 rings (SSSR count). The van der Waals surface area contributed by atoms with Crippen molar-refractivity contribution < 1.29 is 4.79 Å². The normalized spacial score (nSPS) is 19.2. The van der Waals surface area contributed by atoms with E-state index in [1.807, 2.05) is 0 Å². The fourth-order valence-electron chi connectivity index (χ4n) is 1.86. The quantitative estimate of drug-likeness (QED) is 0.492. The number of hydrogen-bond acceptors (Lipinski definition) is 3. The molecule has 0 spiro atoms. The van der Waals surface area contributed by atoms with Crippen molar-refractivity contribution in [1.29, 1.82) is 0 Å². The third kappa shape index (κ3) is 5.11. The van der Waals surface area contributed by atoms with Gasteiger partial charge in [0.1, 0.15) is 0 Å². The number of halogens is 3. The summed E-state index contributed by atoms with van der Waals surface area (Å²) in [4.78, 5) is 15.6. The predicted molar refractivity (Wildman–Crippen MR) is 73.8 cm³/mol. The van der Waals surface area contributed by atoms with Crippen molar-refractivity contribution in [2.75, 3.05) is 0 Å². The smallest absolute Gasteiger partial charge is 0.231 e. The highest BCUT2D eigenvalue weighted by Crippen LogP contribution is 2.31. The van der Waals surface area contributed by atoms with Crippen LogP contribution >= 0.6 is 47.0 Å². The summed E-state index contributed by atoms with van der Waals surface area (Å²) >= 11 is 21.6. The molecule has 1 aliphatic rings. The van der Waals surface area contributed by atoms with Gasteiger partial charge in [-0.3, -0.25) is 4.79 Å². The Bertz CT molecular complexity index is 320. The second kappa shape index (κ2) is 6.91. The van der Waals surface area contributed by atoms with Crippen LogP contribution in [0.15, 0.2) is 4.99 Å². The van der Waals surface area contributed by atoms with Crippen LogP contribution in [0.1, 0.15) is 32.1 Å². The summed E-state index contributed by atoms with van der Waals surface area (Å²) in [5, 5.41) is 4.72. The Hall–Kier alpha value is 0.140. The second-order valence-electron chi connectivity index (χ2n) is 4.01. The fraction of sp³-hybridized carbons (Fsp3) is 0.800. The number of nitrogens with one attached hydrogen (secondary N) is 1. The standard InChI is InChI=1S/C10H13Cl3N2OS/c11-10(12,13)9(14-6-17)15-8(16)7-4-2-1-3-5-7/h7,9H,1-5H2,(H,15,16). The van der Waals surface area contributed by atoms with E-state index in [4.69, 9.17) is 34.8 Å². The molecule has 0 aliphatic heterocycles. The summed E-state index contributed by atoms with van der Waals surface area (Å²) in [5.74, 6) is -0.144. The largest absolute Gasteiger partial charge is 0.330 e. The first-order chi connectivity index (χ1) is 7.95. The number of alkyl halides is 3. The van der Waals surface area contributed by atoms with E-state index < -0.39 is 9.96 Å². The van der Waals surface area contributed by atoms with Crippen LogP contribution in [0, 0.1) is 5.92 Å². The average molecular weight is 316 g/mol. The van der Waals surface area contributed by atoms with Crippen molar-refractivity contribution >= 4 is 58.1 Å². The Morgan fingerprint density at radius 2 is 1.94 bits per heavy atom. The maximum absolute atomic E-state index is 11.9. The molecule has 0 saturated heterocycles. The van der Waals surface area contributed by atoms with Gasteiger partial charge in [-0.1, -0.05) is 54.1 Å². The van der Waals surface area contributed by atoms with Crippen molar-refractivity contribution in [3.8, 4) is 0 Å². The SMILES string of the molecule is O=C(NC(N=C=S)C(Cl)(Cl)Cl)C1CCCCC1. The van der Waals surface area contributed by atoms with Crippen molar-refractivity contribution in [3.05, 3.63) is 0 Å². The Labute approximate surface area is 121 Å². The number of hydrogen-bond donors (Lipinski definition) is 1. The molecule has 1 atom stereocenters. The van der Waals surface area contributed by atoms with Gasteiger partial charge in [0.05, 0.1) is 5.16 Å². The van der Waals surface area contributed by atoms with E-state index in [0.717, 1.165) is 25.7 Å². The van der Waals surface area contributed by atoms with Gasteiger partial charge in [-0.15, -0.1) is 0 Å². The second-order valence-corrected chi connectivity index (χ2v) is 6.56. The molecular weight excluding hydrogens is 303 g/mol. The predicted octanol–water partition coefficient (Wildman–Crippen LogP) is 3.48. The first-order valence-corrected chi connectivity index (χ1v) is 6.93. The lowest BCUT2D eigenvalue weighted by Crippen LogP contribution is -2.45. The van der Waals surface area contributed by atoms with Gasteiger partial charge < -0.3 is 5.32 Å². The summed E-state index contributed by atoms with van der Waals surface area (Å²) in [6, 6.07) is 0. The summed E-state index contributed by atoms with van der Waals surface area (Å²) < 4.78 is -1.71. The van der Waals surface area contributed by atoms with Crippen LogP contribution in [0.25, 0.3) is 0 Å². The van der Waals surface area contributed by atoms with E-state index in [-0.39, 0.29) is 11.8 Å². The lowest BCUT2D eigenvalue weighted by Gasteiger charge is -2.25. The van der Waals surface area contributed by atoms with Crippen molar-refractivity contribution in [2.45, 2.75) is 42.1 Å². The molecular formula is C10H13Cl3N2OS. The number of rotatable bonds is 3. The van der Waals surface area contributed by atoms with Crippen LogP contribution in [0.3, 0.4) is 0 Å². The Balaban J connectivity index is 2.60. The molecule has 1 saturated carbocycles. The molecule has 7 heteroatoms. The van der Waals surface area contributed by atoms with Gasteiger partial charge in [-0.05, 0) is 25.1 Å². The van der Waals surface area contributed by atoms with Crippen molar-refractivity contribution in [2.24, 2.45) is 10.9 Å². The van der Waals surface area contributed by atoms with E-state index >= 15 is 0 Å². The lowest BCUT2D eigenvalue weighted by atomic mass is 9.88. The molecule has 0 aromatic rings. The van der Waals surface area contributed by atoms with Crippen molar-refractivity contribution in [3.63, 3.8) is 0 Å². The van der Waals surface area contributed by atoms with Gasteiger partial charge in [0.2, 0.25) is 9.70 Å². The van der Waals surface area contributed by atoms with Gasteiger partial charge in [0.15, 0.2) is 6.17 Å². The number of nitrogens with zero attached hydrogens (tertiary/aromatic N) is 1. The van der Waals surface area contributed by atoms with E-state index in [1.165, 1.54) is 6.42 Å². The molecule has 1 fully saturated rings. The zero-order valence-electron chi connectivity index (χ0n) is 9.09. The zero-order valence-corrected chi connectivity index (χ0v) is 12.2. The number of isothiocyanates is 1. The zero-order chi connectivity index (χ0) is 12.9. The summed E-state index contributed by atoms with van der Waals surface area (Å²) in [6.45, 7) is 0. The molecule has 1 N–H and O–H groups in total. The third-order valence-corrected chi connectivity index (χ3v) is 3.47. The molecule has 1 unspecified atom stereocenters.